The molecule has 2 atom stereocenters. The Morgan fingerprint density at radius 3 is 2.80 bits per heavy atom. The molecule has 1 aromatic rings. The molecule has 2 unspecified atom stereocenters. The lowest BCUT2D eigenvalue weighted by molar-refractivity contribution is 0.351. The molecule has 0 amide bonds. The van der Waals surface area contributed by atoms with Crippen molar-refractivity contribution in [3.8, 4) is 0 Å². The van der Waals surface area contributed by atoms with E-state index in [1.165, 1.54) is 6.07 Å². The van der Waals surface area contributed by atoms with E-state index < -0.39 is 15.7 Å². The summed E-state index contributed by atoms with van der Waals surface area (Å²) in [6, 6.07) is 4.79. The zero-order valence-corrected chi connectivity index (χ0v) is 13.0. The third-order valence-electron chi connectivity index (χ3n) is 3.88. The van der Waals surface area contributed by atoms with Gasteiger partial charge in [-0.25, -0.2) is 12.8 Å². The van der Waals surface area contributed by atoms with Crippen LogP contribution >= 0.6 is 11.6 Å². The molecule has 20 heavy (non-hydrogen) atoms. The standard InChI is InChI=1S/C14H19ClFNO2S/c1-17-8-12(11-4-5-20(18,19)9-11)6-10-2-3-13(15)14(16)7-10/h2-3,7,11-12,17H,4-6,8-9H2,1H3. The van der Waals surface area contributed by atoms with Crippen molar-refractivity contribution >= 4 is 21.4 Å². The molecule has 3 nitrogen and oxygen atoms in total. The van der Waals surface area contributed by atoms with Crippen molar-refractivity contribution < 1.29 is 12.8 Å². The molecule has 0 aromatic heterocycles. The zero-order valence-electron chi connectivity index (χ0n) is 11.4. The first-order chi connectivity index (χ1) is 9.41. The molecule has 0 saturated carbocycles. The van der Waals surface area contributed by atoms with E-state index in [1.54, 1.807) is 12.1 Å². The van der Waals surface area contributed by atoms with E-state index in [-0.39, 0.29) is 28.4 Å². The minimum Gasteiger partial charge on any atom is -0.319 e. The maximum atomic E-state index is 13.5. The first-order valence-corrected chi connectivity index (χ1v) is 8.90. The third-order valence-corrected chi connectivity index (χ3v) is 5.98. The van der Waals surface area contributed by atoms with Crippen molar-refractivity contribution in [1.29, 1.82) is 0 Å². The van der Waals surface area contributed by atoms with Crippen LogP contribution in [0, 0.1) is 17.7 Å². The van der Waals surface area contributed by atoms with Crippen LogP contribution in [0.3, 0.4) is 0 Å². The summed E-state index contributed by atoms with van der Waals surface area (Å²) < 4.78 is 36.7. The number of benzene rings is 1. The highest BCUT2D eigenvalue weighted by atomic mass is 35.5. The van der Waals surface area contributed by atoms with Crippen LogP contribution in [-0.4, -0.2) is 33.5 Å². The fourth-order valence-electron chi connectivity index (χ4n) is 2.83. The molecule has 1 fully saturated rings. The zero-order chi connectivity index (χ0) is 14.8. The molecule has 1 saturated heterocycles. The molecule has 112 valence electrons. The highest BCUT2D eigenvalue weighted by Crippen LogP contribution is 2.29. The summed E-state index contributed by atoms with van der Waals surface area (Å²) in [7, 11) is -1.04. The van der Waals surface area contributed by atoms with Crippen LogP contribution in [0.4, 0.5) is 4.39 Å². The van der Waals surface area contributed by atoms with Gasteiger partial charge in [0.15, 0.2) is 9.84 Å². The van der Waals surface area contributed by atoms with Gasteiger partial charge < -0.3 is 5.32 Å². The summed E-state index contributed by atoms with van der Waals surface area (Å²) in [5.74, 6) is 0.429. The average Bonchev–Trinajstić information content (AvgIpc) is 2.74. The van der Waals surface area contributed by atoms with Gasteiger partial charge >= 0.3 is 0 Å². The van der Waals surface area contributed by atoms with Crippen LogP contribution in [0.15, 0.2) is 18.2 Å². The molecular weight excluding hydrogens is 301 g/mol. The van der Waals surface area contributed by atoms with E-state index in [9.17, 15) is 12.8 Å². The Bertz CT molecular complexity index is 577. The largest absolute Gasteiger partial charge is 0.319 e. The van der Waals surface area contributed by atoms with Crippen LogP contribution in [0.5, 0.6) is 0 Å². The van der Waals surface area contributed by atoms with Gasteiger partial charge in [-0.3, -0.25) is 0 Å². The van der Waals surface area contributed by atoms with Crippen LogP contribution in [-0.2, 0) is 16.3 Å². The second-order valence-corrected chi connectivity index (χ2v) is 8.07. The quantitative estimate of drug-likeness (QED) is 0.906. The molecule has 0 radical (unpaired) electrons. The first kappa shape index (κ1) is 15.7. The minimum absolute atomic E-state index is 0.113. The van der Waals surface area contributed by atoms with Gasteiger partial charge in [0.25, 0.3) is 0 Å². The van der Waals surface area contributed by atoms with Crippen LogP contribution < -0.4 is 5.32 Å². The normalized spacial score (nSPS) is 22.9. The van der Waals surface area contributed by atoms with Gasteiger partial charge in [0.1, 0.15) is 5.82 Å². The molecule has 6 heteroatoms. The smallest absolute Gasteiger partial charge is 0.150 e. The second kappa shape index (κ2) is 6.41. The minimum atomic E-state index is -2.89. The van der Waals surface area contributed by atoms with Crippen molar-refractivity contribution in [2.75, 3.05) is 25.1 Å². The molecule has 1 aliphatic heterocycles. The first-order valence-electron chi connectivity index (χ1n) is 6.70. The third kappa shape index (κ3) is 3.93. The summed E-state index contributed by atoms with van der Waals surface area (Å²) in [6.45, 7) is 0.727. The predicted octanol–water partition coefficient (Wildman–Crippen LogP) is 2.29. The van der Waals surface area contributed by atoms with Gasteiger partial charge in [0, 0.05) is 0 Å². The van der Waals surface area contributed by atoms with Crippen molar-refractivity contribution in [1.82, 2.24) is 5.32 Å². The molecule has 0 aliphatic carbocycles. The molecule has 1 aromatic carbocycles. The molecule has 1 N–H and O–H groups in total. The topological polar surface area (TPSA) is 46.2 Å². The lowest BCUT2D eigenvalue weighted by Crippen LogP contribution is -2.28. The lowest BCUT2D eigenvalue weighted by atomic mass is 9.86. The Hall–Kier alpha value is -0.650. The number of hydrogen-bond donors (Lipinski definition) is 1. The van der Waals surface area contributed by atoms with Gasteiger partial charge in [-0.15, -0.1) is 0 Å². The highest BCUT2D eigenvalue weighted by molar-refractivity contribution is 7.91. The summed E-state index contributed by atoms with van der Waals surface area (Å²) in [5, 5.41) is 3.22. The summed E-state index contributed by atoms with van der Waals surface area (Å²) in [6.07, 6.45) is 1.36. The predicted molar refractivity (Wildman–Crippen MR) is 79.3 cm³/mol. The number of nitrogens with one attached hydrogen (secondary N) is 1. The van der Waals surface area contributed by atoms with E-state index in [0.717, 1.165) is 12.1 Å². The van der Waals surface area contributed by atoms with Gasteiger partial charge in [-0.2, -0.15) is 0 Å². The molecule has 1 aliphatic rings. The van der Waals surface area contributed by atoms with E-state index in [4.69, 9.17) is 11.6 Å². The number of halogens is 2. The van der Waals surface area contributed by atoms with Gasteiger partial charge in [-0.05, 0) is 56.0 Å². The summed E-state index contributed by atoms with van der Waals surface area (Å²) in [4.78, 5) is 0. The molecule has 0 spiro atoms. The monoisotopic (exact) mass is 319 g/mol. The van der Waals surface area contributed by atoms with Crippen molar-refractivity contribution in [2.24, 2.45) is 11.8 Å². The fourth-order valence-corrected chi connectivity index (χ4v) is 4.87. The van der Waals surface area contributed by atoms with Crippen molar-refractivity contribution in [2.45, 2.75) is 12.8 Å². The van der Waals surface area contributed by atoms with Crippen molar-refractivity contribution in [3.05, 3.63) is 34.6 Å². The Labute approximate surface area is 124 Å². The highest BCUT2D eigenvalue weighted by Gasteiger charge is 2.33. The number of sulfone groups is 1. The van der Waals surface area contributed by atoms with E-state index in [1.807, 2.05) is 7.05 Å². The van der Waals surface area contributed by atoms with Gasteiger partial charge in [0.05, 0.1) is 16.5 Å². The van der Waals surface area contributed by atoms with E-state index >= 15 is 0 Å². The van der Waals surface area contributed by atoms with Gasteiger partial charge in [0.2, 0.25) is 0 Å². The maximum absolute atomic E-state index is 13.5. The molecular formula is C14H19ClFNO2S. The summed E-state index contributed by atoms with van der Waals surface area (Å²) in [5.41, 5.74) is 0.858. The van der Waals surface area contributed by atoms with E-state index in [2.05, 4.69) is 5.32 Å². The van der Waals surface area contributed by atoms with Crippen LogP contribution in [0.25, 0.3) is 0 Å². The second-order valence-electron chi connectivity index (χ2n) is 5.43. The summed E-state index contributed by atoms with van der Waals surface area (Å²) >= 11 is 5.68. The molecule has 2 rings (SSSR count). The molecule has 0 bridgehead atoms. The lowest BCUT2D eigenvalue weighted by Gasteiger charge is -2.22. The SMILES string of the molecule is CNCC(Cc1ccc(Cl)c(F)c1)C1CCS(=O)(=O)C1. The Balaban J connectivity index is 2.11. The number of hydrogen-bond acceptors (Lipinski definition) is 3. The Kier molecular flexibility index (Phi) is 5.04. The fraction of sp³-hybridized carbons (Fsp3) is 0.571. The maximum Gasteiger partial charge on any atom is 0.150 e. The number of rotatable bonds is 5. The van der Waals surface area contributed by atoms with E-state index in [0.29, 0.717) is 12.8 Å². The molecule has 1 heterocycles. The van der Waals surface area contributed by atoms with Crippen LogP contribution in [0.1, 0.15) is 12.0 Å². The Morgan fingerprint density at radius 1 is 1.50 bits per heavy atom. The Morgan fingerprint density at radius 2 is 2.25 bits per heavy atom. The average molecular weight is 320 g/mol. The van der Waals surface area contributed by atoms with Crippen LogP contribution in [0.2, 0.25) is 5.02 Å². The van der Waals surface area contributed by atoms with Crippen molar-refractivity contribution in [3.63, 3.8) is 0 Å². The van der Waals surface area contributed by atoms with Gasteiger partial charge in [-0.1, -0.05) is 17.7 Å².